The van der Waals surface area contributed by atoms with Gasteiger partial charge in [0, 0.05) is 5.69 Å². The van der Waals surface area contributed by atoms with E-state index in [4.69, 9.17) is 4.74 Å². The molecule has 0 aliphatic carbocycles. The van der Waals surface area contributed by atoms with Crippen LogP contribution in [0.3, 0.4) is 0 Å². The third-order valence-corrected chi connectivity index (χ3v) is 4.25. The van der Waals surface area contributed by atoms with Gasteiger partial charge in [-0.15, -0.1) is 0 Å². The molecule has 0 bridgehead atoms. The van der Waals surface area contributed by atoms with Crippen LogP contribution in [0.25, 0.3) is 0 Å². The number of hydrogen-bond donors (Lipinski definition) is 2. The van der Waals surface area contributed by atoms with E-state index in [1.807, 2.05) is 50.2 Å². The van der Waals surface area contributed by atoms with Crippen molar-refractivity contribution >= 4 is 23.2 Å². The maximum absolute atomic E-state index is 12.5. The molecular formula is C22H28N2O3. The number of nitrogens with one attached hydrogen (secondary N) is 2. The predicted octanol–water partition coefficient (Wildman–Crippen LogP) is 4.52. The van der Waals surface area contributed by atoms with E-state index in [9.17, 15) is 9.59 Å². The molecule has 2 rings (SSSR count). The minimum Gasteiger partial charge on any atom is -0.492 e. The molecule has 0 heterocycles. The molecule has 0 aliphatic rings. The number of ether oxygens (including phenoxy) is 1. The van der Waals surface area contributed by atoms with Gasteiger partial charge in [-0.25, -0.2) is 0 Å². The number of para-hydroxylation sites is 1. The van der Waals surface area contributed by atoms with Gasteiger partial charge in [0.2, 0.25) is 0 Å². The minimum absolute atomic E-state index is 0.0907. The first-order valence-electron chi connectivity index (χ1n) is 9.23. The van der Waals surface area contributed by atoms with Crippen LogP contribution in [0, 0.1) is 0 Å². The van der Waals surface area contributed by atoms with Crippen molar-refractivity contribution in [3.8, 4) is 5.75 Å². The summed E-state index contributed by atoms with van der Waals surface area (Å²) in [5, 5.41) is 5.38. The normalized spacial score (nSPS) is 11.0. The maximum atomic E-state index is 12.5. The van der Waals surface area contributed by atoms with Crippen molar-refractivity contribution in [2.24, 2.45) is 0 Å². The van der Waals surface area contributed by atoms with E-state index in [0.717, 1.165) is 17.5 Å². The standard InChI is InChI=1S/C22H28N2O3/c1-6-15-10-8-9-11-17(15)23-20(25)21(26)24-18-14-16(22(3,4)5)12-13-19(18)27-7-2/h8-14H,6-7H2,1-5H3,(H,23,25)(H,24,26). The second kappa shape index (κ2) is 8.71. The average molecular weight is 368 g/mol. The summed E-state index contributed by atoms with van der Waals surface area (Å²) in [5.74, 6) is -0.895. The van der Waals surface area contributed by atoms with Crippen molar-refractivity contribution in [2.45, 2.75) is 46.5 Å². The first-order valence-corrected chi connectivity index (χ1v) is 9.23. The highest BCUT2D eigenvalue weighted by atomic mass is 16.5. The molecule has 0 saturated heterocycles. The Kier molecular flexibility index (Phi) is 6.61. The van der Waals surface area contributed by atoms with Crippen molar-refractivity contribution in [3.63, 3.8) is 0 Å². The van der Waals surface area contributed by atoms with Crippen LogP contribution in [0.5, 0.6) is 5.75 Å². The number of anilines is 2. The molecule has 27 heavy (non-hydrogen) atoms. The molecule has 0 fully saturated rings. The van der Waals surface area contributed by atoms with Crippen molar-refractivity contribution < 1.29 is 14.3 Å². The van der Waals surface area contributed by atoms with Crippen molar-refractivity contribution in [3.05, 3.63) is 53.6 Å². The molecule has 0 aromatic heterocycles. The Morgan fingerprint density at radius 3 is 2.15 bits per heavy atom. The molecule has 2 N–H and O–H groups in total. The number of benzene rings is 2. The van der Waals surface area contributed by atoms with Crippen LogP contribution >= 0.6 is 0 Å². The number of carbonyl (C=O) groups is 2. The zero-order valence-electron chi connectivity index (χ0n) is 16.7. The van der Waals surface area contributed by atoms with Crippen LogP contribution in [-0.4, -0.2) is 18.4 Å². The Hall–Kier alpha value is -2.82. The Morgan fingerprint density at radius 1 is 0.926 bits per heavy atom. The van der Waals surface area contributed by atoms with E-state index in [2.05, 4.69) is 31.4 Å². The predicted molar refractivity (Wildman–Crippen MR) is 109 cm³/mol. The number of amides is 2. The third-order valence-electron chi connectivity index (χ3n) is 4.25. The Morgan fingerprint density at radius 2 is 1.56 bits per heavy atom. The van der Waals surface area contributed by atoms with Crippen molar-refractivity contribution in [2.75, 3.05) is 17.2 Å². The molecule has 0 saturated carbocycles. The summed E-state index contributed by atoms with van der Waals surface area (Å²) in [5.41, 5.74) is 3.07. The molecule has 0 atom stereocenters. The molecule has 2 aromatic carbocycles. The Balaban J connectivity index is 2.21. The van der Waals surface area contributed by atoms with Gasteiger partial charge in [0.1, 0.15) is 5.75 Å². The average Bonchev–Trinajstić information content (AvgIpc) is 2.62. The third kappa shape index (κ3) is 5.33. The van der Waals surface area contributed by atoms with E-state index in [1.165, 1.54) is 0 Å². The van der Waals surface area contributed by atoms with E-state index < -0.39 is 11.8 Å². The van der Waals surface area contributed by atoms with Crippen molar-refractivity contribution in [1.29, 1.82) is 0 Å². The lowest BCUT2D eigenvalue weighted by molar-refractivity contribution is -0.133. The lowest BCUT2D eigenvalue weighted by Gasteiger charge is -2.21. The monoisotopic (exact) mass is 368 g/mol. The SMILES string of the molecule is CCOc1ccc(C(C)(C)C)cc1NC(=O)C(=O)Nc1ccccc1CC. The first-order chi connectivity index (χ1) is 12.8. The highest BCUT2D eigenvalue weighted by Crippen LogP contribution is 2.31. The van der Waals surface area contributed by atoms with E-state index in [0.29, 0.717) is 23.7 Å². The number of carbonyl (C=O) groups excluding carboxylic acids is 2. The fourth-order valence-electron chi connectivity index (χ4n) is 2.68. The minimum atomic E-state index is -0.729. The highest BCUT2D eigenvalue weighted by molar-refractivity contribution is 6.43. The topological polar surface area (TPSA) is 67.4 Å². The lowest BCUT2D eigenvalue weighted by atomic mass is 9.87. The molecule has 5 nitrogen and oxygen atoms in total. The van der Waals surface area contributed by atoms with Gasteiger partial charge in [0.05, 0.1) is 12.3 Å². The molecule has 5 heteroatoms. The molecule has 144 valence electrons. The van der Waals surface area contributed by atoms with E-state index in [-0.39, 0.29) is 5.41 Å². The van der Waals surface area contributed by atoms with Crippen LogP contribution in [0.2, 0.25) is 0 Å². The van der Waals surface area contributed by atoms with Gasteiger partial charge >= 0.3 is 11.8 Å². The number of hydrogen-bond acceptors (Lipinski definition) is 3. The summed E-state index contributed by atoms with van der Waals surface area (Å²) in [6.45, 7) is 10.6. The van der Waals surface area contributed by atoms with Gasteiger partial charge in [0.15, 0.2) is 0 Å². The summed E-state index contributed by atoms with van der Waals surface area (Å²) in [4.78, 5) is 24.8. The van der Waals surface area contributed by atoms with E-state index >= 15 is 0 Å². The molecule has 0 spiro atoms. The van der Waals surface area contributed by atoms with Crippen LogP contribution in [0.1, 0.15) is 45.7 Å². The second-order valence-electron chi connectivity index (χ2n) is 7.31. The molecule has 0 aliphatic heterocycles. The van der Waals surface area contributed by atoms with Gasteiger partial charge in [-0.05, 0) is 48.1 Å². The maximum Gasteiger partial charge on any atom is 0.314 e. The summed E-state index contributed by atoms with van der Waals surface area (Å²) in [6.07, 6.45) is 0.764. The van der Waals surface area contributed by atoms with Crippen molar-refractivity contribution in [1.82, 2.24) is 0 Å². The molecule has 2 amide bonds. The van der Waals surface area contributed by atoms with Crippen LogP contribution in [0.15, 0.2) is 42.5 Å². The fourth-order valence-corrected chi connectivity index (χ4v) is 2.68. The first kappa shape index (κ1) is 20.5. The van der Waals surface area contributed by atoms with Gasteiger partial charge < -0.3 is 15.4 Å². The summed E-state index contributed by atoms with van der Waals surface area (Å²) in [7, 11) is 0. The summed E-state index contributed by atoms with van der Waals surface area (Å²) >= 11 is 0. The number of rotatable bonds is 5. The lowest BCUT2D eigenvalue weighted by Crippen LogP contribution is -2.29. The van der Waals surface area contributed by atoms with E-state index in [1.54, 1.807) is 6.07 Å². The zero-order valence-corrected chi connectivity index (χ0v) is 16.7. The highest BCUT2D eigenvalue weighted by Gasteiger charge is 2.20. The fraction of sp³-hybridized carbons (Fsp3) is 0.364. The number of aryl methyl sites for hydroxylation is 1. The largest absolute Gasteiger partial charge is 0.492 e. The van der Waals surface area contributed by atoms with Crippen LogP contribution in [-0.2, 0) is 21.4 Å². The van der Waals surface area contributed by atoms with Gasteiger partial charge in [-0.2, -0.15) is 0 Å². The van der Waals surface area contributed by atoms with Gasteiger partial charge in [-0.3, -0.25) is 9.59 Å². The summed E-state index contributed by atoms with van der Waals surface area (Å²) in [6, 6.07) is 13.1. The zero-order chi connectivity index (χ0) is 20.0. The molecular weight excluding hydrogens is 340 g/mol. The van der Waals surface area contributed by atoms with Gasteiger partial charge in [0.25, 0.3) is 0 Å². The Bertz CT molecular complexity index is 823. The molecule has 0 radical (unpaired) electrons. The van der Waals surface area contributed by atoms with Crippen LogP contribution in [0.4, 0.5) is 11.4 Å². The van der Waals surface area contributed by atoms with Crippen LogP contribution < -0.4 is 15.4 Å². The molecule has 0 unspecified atom stereocenters. The Labute approximate surface area is 161 Å². The molecule has 2 aromatic rings. The smallest absolute Gasteiger partial charge is 0.314 e. The second-order valence-corrected chi connectivity index (χ2v) is 7.31. The summed E-state index contributed by atoms with van der Waals surface area (Å²) < 4.78 is 5.59. The van der Waals surface area contributed by atoms with Gasteiger partial charge in [-0.1, -0.05) is 52.0 Å². The quantitative estimate of drug-likeness (QED) is 0.762.